The minimum absolute atomic E-state index is 0.00917. The Morgan fingerprint density at radius 3 is 2.68 bits per heavy atom. The summed E-state index contributed by atoms with van der Waals surface area (Å²) in [6.07, 6.45) is 1.49. The predicted molar refractivity (Wildman–Crippen MR) is 109 cm³/mol. The highest BCUT2D eigenvalue weighted by Gasteiger charge is 2.40. The molecule has 0 spiro atoms. The number of benzene rings is 1. The van der Waals surface area contributed by atoms with Gasteiger partial charge in [-0.2, -0.15) is 0 Å². The molecule has 2 aromatic rings. The second-order valence-electron chi connectivity index (χ2n) is 6.97. The Morgan fingerprint density at radius 2 is 2.04 bits per heavy atom. The number of ether oxygens (including phenoxy) is 1. The first-order chi connectivity index (χ1) is 13.4. The quantitative estimate of drug-likeness (QED) is 0.705. The molecule has 1 aromatic carbocycles. The Morgan fingerprint density at radius 1 is 1.29 bits per heavy atom. The highest BCUT2D eigenvalue weighted by molar-refractivity contribution is 8.01. The van der Waals surface area contributed by atoms with Gasteiger partial charge in [0.1, 0.15) is 11.1 Å². The molecule has 28 heavy (non-hydrogen) atoms. The van der Waals surface area contributed by atoms with Crippen LogP contribution in [-0.2, 0) is 4.79 Å². The predicted octanol–water partition coefficient (Wildman–Crippen LogP) is 3.80. The summed E-state index contributed by atoms with van der Waals surface area (Å²) in [4.78, 5) is 29.1. The maximum Gasteiger partial charge on any atom is 0.289 e. The zero-order valence-corrected chi connectivity index (χ0v) is 17.4. The molecule has 0 radical (unpaired) electrons. The lowest BCUT2D eigenvalue weighted by Crippen LogP contribution is -2.43. The molecule has 0 aliphatic carbocycles. The van der Waals surface area contributed by atoms with E-state index in [0.717, 1.165) is 11.3 Å². The van der Waals surface area contributed by atoms with Gasteiger partial charge in [-0.15, -0.1) is 11.8 Å². The van der Waals surface area contributed by atoms with Crippen LogP contribution in [0.1, 0.15) is 42.3 Å². The molecular weight excluding hydrogens is 376 g/mol. The van der Waals surface area contributed by atoms with E-state index in [1.165, 1.54) is 6.26 Å². The number of nitrogens with zero attached hydrogens (tertiary/aromatic N) is 2. The first-order valence-electron chi connectivity index (χ1n) is 9.37. The van der Waals surface area contributed by atoms with Crippen molar-refractivity contribution < 1.29 is 18.7 Å². The number of hydrogen-bond donors (Lipinski definition) is 0. The molecule has 1 saturated heterocycles. The summed E-state index contributed by atoms with van der Waals surface area (Å²) in [6, 6.07) is 11.1. The van der Waals surface area contributed by atoms with Crippen molar-refractivity contribution in [2.24, 2.45) is 0 Å². The van der Waals surface area contributed by atoms with Crippen molar-refractivity contribution >= 4 is 23.6 Å². The lowest BCUT2D eigenvalue weighted by Gasteiger charge is -2.31. The van der Waals surface area contributed by atoms with Crippen molar-refractivity contribution in [1.29, 1.82) is 0 Å². The average Bonchev–Trinajstić information content (AvgIpc) is 3.31. The number of rotatable bonds is 7. The second-order valence-corrected chi connectivity index (χ2v) is 8.40. The molecule has 3 rings (SSSR count). The number of amides is 2. The Kier molecular flexibility index (Phi) is 6.34. The first-order valence-corrected chi connectivity index (χ1v) is 10.3. The Balaban J connectivity index is 1.79. The zero-order chi connectivity index (χ0) is 20.3. The summed E-state index contributed by atoms with van der Waals surface area (Å²) in [5.41, 5.74) is 0.973. The molecule has 0 saturated carbocycles. The van der Waals surface area contributed by atoms with Gasteiger partial charge in [0.2, 0.25) is 5.91 Å². The van der Waals surface area contributed by atoms with E-state index in [1.54, 1.807) is 35.9 Å². The SMILES string of the molecule is COc1ccccc1[C@@H]1S[C@@H](C)C(=O)N1CCN(C(=O)c1ccco1)C(C)C. The third-order valence-corrected chi connectivity index (χ3v) is 6.23. The normalized spacial score (nSPS) is 19.3. The number of methoxy groups -OCH3 is 1. The Bertz CT molecular complexity index is 822. The van der Waals surface area contributed by atoms with E-state index in [0.29, 0.717) is 18.8 Å². The molecule has 2 amide bonds. The molecule has 2 atom stereocenters. The molecule has 150 valence electrons. The van der Waals surface area contributed by atoms with Gasteiger partial charge in [0, 0.05) is 24.7 Å². The smallest absolute Gasteiger partial charge is 0.289 e. The van der Waals surface area contributed by atoms with Gasteiger partial charge < -0.3 is 19.0 Å². The Hall–Kier alpha value is -2.41. The van der Waals surface area contributed by atoms with E-state index in [1.807, 2.05) is 49.9 Å². The van der Waals surface area contributed by atoms with Crippen LogP contribution in [-0.4, -0.2) is 53.1 Å². The van der Waals surface area contributed by atoms with Crippen LogP contribution in [0.3, 0.4) is 0 Å². The summed E-state index contributed by atoms with van der Waals surface area (Å²) < 4.78 is 10.8. The van der Waals surface area contributed by atoms with Crippen molar-refractivity contribution in [2.45, 2.75) is 37.4 Å². The van der Waals surface area contributed by atoms with Crippen LogP contribution in [0.5, 0.6) is 5.75 Å². The molecular formula is C21H26N2O4S. The maximum absolute atomic E-state index is 12.8. The van der Waals surface area contributed by atoms with E-state index < -0.39 is 0 Å². The minimum Gasteiger partial charge on any atom is -0.496 e. The van der Waals surface area contributed by atoms with Gasteiger partial charge in [0.05, 0.1) is 18.6 Å². The van der Waals surface area contributed by atoms with Gasteiger partial charge in [0.15, 0.2) is 5.76 Å². The number of hydrogen-bond acceptors (Lipinski definition) is 5. The third-order valence-electron chi connectivity index (χ3n) is 4.85. The van der Waals surface area contributed by atoms with Crippen LogP contribution < -0.4 is 4.74 Å². The van der Waals surface area contributed by atoms with Crippen LogP contribution in [0.25, 0.3) is 0 Å². The second kappa shape index (κ2) is 8.73. The van der Waals surface area contributed by atoms with Crippen LogP contribution in [0, 0.1) is 0 Å². The molecule has 0 N–H and O–H groups in total. The van der Waals surface area contributed by atoms with E-state index >= 15 is 0 Å². The fourth-order valence-electron chi connectivity index (χ4n) is 3.36. The molecule has 1 fully saturated rings. The zero-order valence-electron chi connectivity index (χ0n) is 16.6. The van der Waals surface area contributed by atoms with Gasteiger partial charge in [-0.25, -0.2) is 0 Å². The minimum atomic E-state index is -0.166. The molecule has 6 nitrogen and oxygen atoms in total. The van der Waals surface area contributed by atoms with Crippen LogP contribution >= 0.6 is 11.8 Å². The highest BCUT2D eigenvalue weighted by Crippen LogP contribution is 2.45. The highest BCUT2D eigenvalue weighted by atomic mass is 32.2. The van der Waals surface area contributed by atoms with Gasteiger partial charge in [-0.05, 0) is 39.0 Å². The van der Waals surface area contributed by atoms with Gasteiger partial charge in [-0.3, -0.25) is 9.59 Å². The summed E-state index contributed by atoms with van der Waals surface area (Å²) >= 11 is 1.60. The summed E-state index contributed by atoms with van der Waals surface area (Å²) in [6.45, 7) is 6.72. The lowest BCUT2D eigenvalue weighted by atomic mass is 10.1. The molecule has 2 heterocycles. The fourth-order valence-corrected chi connectivity index (χ4v) is 4.70. The Labute approximate surface area is 169 Å². The van der Waals surface area contributed by atoms with Crippen LogP contribution in [0.15, 0.2) is 47.1 Å². The van der Waals surface area contributed by atoms with Crippen molar-refractivity contribution in [3.05, 3.63) is 54.0 Å². The molecule has 1 aliphatic heterocycles. The molecule has 1 aliphatic rings. The number of furan rings is 1. The third kappa shape index (κ3) is 4.04. The topological polar surface area (TPSA) is 63.0 Å². The number of carbonyl (C=O) groups is 2. The summed E-state index contributed by atoms with van der Waals surface area (Å²) in [7, 11) is 1.64. The number of thioether (sulfide) groups is 1. The summed E-state index contributed by atoms with van der Waals surface area (Å²) in [5.74, 6) is 0.987. The largest absolute Gasteiger partial charge is 0.496 e. The van der Waals surface area contributed by atoms with E-state index in [9.17, 15) is 9.59 Å². The van der Waals surface area contributed by atoms with Crippen LogP contribution in [0.4, 0.5) is 0 Å². The standard InChI is InChI=1S/C21H26N2O4S/c1-14(2)22(20(25)18-10-7-13-27-18)11-12-23-19(24)15(3)28-21(23)16-8-5-6-9-17(16)26-4/h5-10,13-15,21H,11-12H2,1-4H3/t15-,21-/m0/s1. The van der Waals surface area contributed by atoms with Crippen LogP contribution in [0.2, 0.25) is 0 Å². The van der Waals surface area contributed by atoms with Crippen molar-refractivity contribution in [1.82, 2.24) is 9.80 Å². The molecule has 1 aromatic heterocycles. The van der Waals surface area contributed by atoms with E-state index in [2.05, 4.69) is 0 Å². The molecule has 7 heteroatoms. The average molecular weight is 403 g/mol. The summed E-state index contributed by atoms with van der Waals surface area (Å²) in [5, 5.41) is -0.269. The van der Waals surface area contributed by atoms with E-state index in [4.69, 9.17) is 9.15 Å². The lowest BCUT2D eigenvalue weighted by molar-refractivity contribution is -0.130. The monoisotopic (exact) mass is 402 g/mol. The molecule has 0 unspecified atom stereocenters. The van der Waals surface area contributed by atoms with Gasteiger partial charge in [0.25, 0.3) is 5.91 Å². The fraction of sp³-hybridized carbons (Fsp3) is 0.429. The number of carbonyl (C=O) groups excluding carboxylic acids is 2. The van der Waals surface area contributed by atoms with Crippen molar-refractivity contribution in [2.75, 3.05) is 20.2 Å². The molecule has 0 bridgehead atoms. The van der Waals surface area contributed by atoms with Crippen molar-refractivity contribution in [3.63, 3.8) is 0 Å². The maximum atomic E-state index is 12.8. The van der Waals surface area contributed by atoms with Crippen molar-refractivity contribution in [3.8, 4) is 5.75 Å². The first kappa shape index (κ1) is 20.3. The number of para-hydroxylation sites is 1. The van der Waals surface area contributed by atoms with Gasteiger partial charge >= 0.3 is 0 Å². The van der Waals surface area contributed by atoms with E-state index in [-0.39, 0.29) is 28.5 Å². The van der Waals surface area contributed by atoms with Gasteiger partial charge in [-0.1, -0.05) is 18.2 Å².